The van der Waals surface area contributed by atoms with Crippen LogP contribution in [-0.4, -0.2) is 30.3 Å². The van der Waals surface area contributed by atoms with Gasteiger partial charge in [0.25, 0.3) is 11.8 Å². The molecule has 0 spiro atoms. The Morgan fingerprint density at radius 3 is 2.69 bits per heavy atom. The van der Waals surface area contributed by atoms with E-state index in [1.165, 1.54) is 17.4 Å². The molecule has 0 fully saturated rings. The summed E-state index contributed by atoms with van der Waals surface area (Å²) in [5.74, 6) is 1.16. The van der Waals surface area contributed by atoms with Gasteiger partial charge in [-0.3, -0.25) is 10.1 Å². The van der Waals surface area contributed by atoms with Crippen molar-refractivity contribution in [3.63, 3.8) is 0 Å². The Kier molecular flexibility index (Phi) is 5.69. The van der Waals surface area contributed by atoms with E-state index in [-0.39, 0.29) is 11.9 Å². The molecular formula is C17H14BrN3O4S. The average molecular weight is 436 g/mol. The number of thiophene rings is 1. The molecule has 0 aliphatic rings. The Morgan fingerprint density at radius 2 is 2.00 bits per heavy atom. The number of carbonyl (C=O) groups excluding carboxylic acids is 1. The third kappa shape index (κ3) is 4.30. The summed E-state index contributed by atoms with van der Waals surface area (Å²) >= 11 is 4.83. The van der Waals surface area contributed by atoms with Gasteiger partial charge in [-0.1, -0.05) is 11.2 Å². The van der Waals surface area contributed by atoms with Crippen LogP contribution in [-0.2, 0) is 4.79 Å². The molecule has 1 N–H and O–H groups in total. The van der Waals surface area contributed by atoms with E-state index in [0.717, 1.165) is 14.2 Å². The monoisotopic (exact) mass is 435 g/mol. The van der Waals surface area contributed by atoms with Crippen LogP contribution in [0.3, 0.4) is 0 Å². The number of rotatable bonds is 6. The number of methoxy groups -OCH3 is 2. The number of benzene rings is 1. The Hall–Kier alpha value is -2.65. The summed E-state index contributed by atoms with van der Waals surface area (Å²) in [6.45, 7) is 0. The molecule has 9 heteroatoms. The van der Waals surface area contributed by atoms with Gasteiger partial charge < -0.3 is 13.9 Å². The summed E-state index contributed by atoms with van der Waals surface area (Å²) in [6.07, 6.45) is 3.01. The third-order valence-electron chi connectivity index (χ3n) is 3.27. The van der Waals surface area contributed by atoms with Crippen molar-refractivity contribution in [2.24, 2.45) is 0 Å². The summed E-state index contributed by atoms with van der Waals surface area (Å²) in [5.41, 5.74) is 0.785. The van der Waals surface area contributed by atoms with E-state index in [9.17, 15) is 4.79 Å². The first-order valence-electron chi connectivity index (χ1n) is 7.39. The molecular weight excluding hydrogens is 422 g/mol. The van der Waals surface area contributed by atoms with Crippen LogP contribution in [0.25, 0.3) is 16.8 Å². The van der Waals surface area contributed by atoms with Crippen molar-refractivity contribution >= 4 is 45.3 Å². The summed E-state index contributed by atoms with van der Waals surface area (Å²) in [6, 6.07) is 9.11. The van der Waals surface area contributed by atoms with Gasteiger partial charge in [-0.15, -0.1) is 16.4 Å². The second-order valence-corrected chi connectivity index (χ2v) is 7.42. The van der Waals surface area contributed by atoms with Crippen LogP contribution in [0.2, 0.25) is 0 Å². The third-order valence-corrected chi connectivity index (χ3v) is 4.89. The highest BCUT2D eigenvalue weighted by Gasteiger charge is 2.12. The fourth-order valence-electron chi connectivity index (χ4n) is 2.08. The van der Waals surface area contributed by atoms with Gasteiger partial charge in [0, 0.05) is 6.08 Å². The van der Waals surface area contributed by atoms with E-state index in [1.54, 1.807) is 32.4 Å². The highest BCUT2D eigenvalue weighted by molar-refractivity contribution is 9.11. The lowest BCUT2D eigenvalue weighted by atomic mass is 10.2. The number of nitrogens with one attached hydrogen (secondary N) is 1. The average Bonchev–Trinajstić information content (AvgIpc) is 3.28. The second-order valence-electron chi connectivity index (χ2n) is 4.95. The van der Waals surface area contributed by atoms with Gasteiger partial charge in [-0.25, -0.2) is 0 Å². The number of halogens is 1. The minimum atomic E-state index is -0.387. The molecule has 3 aromatic rings. The van der Waals surface area contributed by atoms with Crippen LogP contribution < -0.4 is 14.8 Å². The molecule has 1 amide bonds. The molecule has 1 aromatic carbocycles. The molecule has 0 saturated heterocycles. The van der Waals surface area contributed by atoms with Gasteiger partial charge in [0.2, 0.25) is 0 Å². The Bertz CT molecular complexity index is 951. The van der Waals surface area contributed by atoms with Gasteiger partial charge in [0.1, 0.15) is 0 Å². The van der Waals surface area contributed by atoms with E-state index in [1.807, 2.05) is 18.2 Å². The number of carbonyl (C=O) groups is 1. The van der Waals surface area contributed by atoms with Crippen LogP contribution >= 0.6 is 27.3 Å². The van der Waals surface area contributed by atoms with E-state index in [4.69, 9.17) is 13.9 Å². The molecule has 0 unspecified atom stereocenters. The first-order chi connectivity index (χ1) is 12.6. The number of hydrogen-bond donors (Lipinski definition) is 1. The van der Waals surface area contributed by atoms with Crippen molar-refractivity contribution in [2.45, 2.75) is 0 Å². The predicted molar refractivity (Wildman–Crippen MR) is 103 cm³/mol. The smallest absolute Gasteiger partial charge is 0.322 e. The summed E-state index contributed by atoms with van der Waals surface area (Å²) in [4.78, 5) is 12.8. The van der Waals surface area contributed by atoms with Crippen molar-refractivity contribution < 1.29 is 18.7 Å². The molecule has 0 saturated carbocycles. The zero-order chi connectivity index (χ0) is 18.5. The Morgan fingerprint density at radius 1 is 1.19 bits per heavy atom. The lowest BCUT2D eigenvalue weighted by Crippen LogP contribution is -2.07. The van der Waals surface area contributed by atoms with E-state index < -0.39 is 0 Å². The van der Waals surface area contributed by atoms with Crippen molar-refractivity contribution in [2.75, 3.05) is 19.5 Å². The van der Waals surface area contributed by atoms with Crippen LogP contribution in [0.1, 0.15) is 5.56 Å². The zero-order valence-electron chi connectivity index (χ0n) is 13.9. The van der Waals surface area contributed by atoms with Crippen molar-refractivity contribution in [3.05, 3.63) is 45.8 Å². The number of hydrogen-bond acceptors (Lipinski definition) is 7. The highest BCUT2D eigenvalue weighted by atomic mass is 79.9. The van der Waals surface area contributed by atoms with Crippen molar-refractivity contribution in [1.29, 1.82) is 0 Å². The van der Waals surface area contributed by atoms with Crippen LogP contribution in [0.15, 0.2) is 44.6 Å². The second kappa shape index (κ2) is 8.15. The first kappa shape index (κ1) is 18.2. The van der Waals surface area contributed by atoms with E-state index in [2.05, 4.69) is 31.4 Å². The SMILES string of the molecule is COc1ccc(/C=C/C(=O)Nc2nnc(-c3ccc(Br)s3)o2)cc1OC. The Labute approximate surface area is 161 Å². The minimum absolute atomic E-state index is 0.0338. The lowest BCUT2D eigenvalue weighted by molar-refractivity contribution is -0.112. The molecule has 2 aromatic heterocycles. The van der Waals surface area contributed by atoms with Crippen LogP contribution in [0, 0.1) is 0 Å². The summed E-state index contributed by atoms with van der Waals surface area (Å²) in [5, 5.41) is 10.3. The number of amides is 1. The molecule has 7 nitrogen and oxygen atoms in total. The van der Waals surface area contributed by atoms with Gasteiger partial charge in [0.15, 0.2) is 11.5 Å². The molecule has 134 valence electrons. The molecule has 0 bridgehead atoms. The van der Waals surface area contributed by atoms with E-state index in [0.29, 0.717) is 17.4 Å². The van der Waals surface area contributed by atoms with Crippen LogP contribution in [0.5, 0.6) is 11.5 Å². The lowest BCUT2D eigenvalue weighted by Gasteiger charge is -2.07. The molecule has 0 aliphatic carbocycles. The molecule has 0 aliphatic heterocycles. The maximum atomic E-state index is 12.0. The maximum Gasteiger partial charge on any atom is 0.322 e. The maximum absolute atomic E-state index is 12.0. The summed E-state index contributed by atoms with van der Waals surface area (Å²) in [7, 11) is 3.12. The molecule has 26 heavy (non-hydrogen) atoms. The van der Waals surface area contributed by atoms with Crippen molar-refractivity contribution in [1.82, 2.24) is 10.2 Å². The standard InChI is InChI=1S/C17H14BrN3O4S/c1-23-11-5-3-10(9-12(11)24-2)4-8-15(22)19-17-21-20-16(25-17)13-6-7-14(18)26-13/h3-9H,1-2H3,(H,19,21,22)/b8-4+. The largest absolute Gasteiger partial charge is 0.493 e. The molecule has 2 heterocycles. The van der Waals surface area contributed by atoms with Crippen LogP contribution in [0.4, 0.5) is 6.01 Å². The predicted octanol–water partition coefficient (Wildman–Crippen LogP) is 4.23. The fourth-order valence-corrected chi connectivity index (χ4v) is 3.39. The molecule has 0 atom stereocenters. The van der Waals surface area contributed by atoms with Gasteiger partial charge in [-0.05, 0) is 51.8 Å². The Balaban J connectivity index is 1.65. The number of nitrogens with zero attached hydrogens (tertiary/aromatic N) is 2. The zero-order valence-corrected chi connectivity index (χ0v) is 16.3. The highest BCUT2D eigenvalue weighted by Crippen LogP contribution is 2.31. The topological polar surface area (TPSA) is 86.5 Å². The number of aromatic nitrogens is 2. The van der Waals surface area contributed by atoms with Gasteiger partial charge in [-0.2, -0.15) is 0 Å². The number of anilines is 1. The number of ether oxygens (including phenoxy) is 2. The molecule has 0 radical (unpaired) electrons. The summed E-state index contributed by atoms with van der Waals surface area (Å²) < 4.78 is 16.8. The normalized spacial score (nSPS) is 10.9. The first-order valence-corrected chi connectivity index (χ1v) is 9.00. The fraction of sp³-hybridized carbons (Fsp3) is 0.118. The molecule has 3 rings (SSSR count). The minimum Gasteiger partial charge on any atom is -0.493 e. The van der Waals surface area contributed by atoms with Gasteiger partial charge in [0.05, 0.1) is 22.9 Å². The van der Waals surface area contributed by atoms with Gasteiger partial charge >= 0.3 is 6.01 Å². The quantitative estimate of drug-likeness (QED) is 0.582. The van der Waals surface area contributed by atoms with E-state index >= 15 is 0 Å². The van der Waals surface area contributed by atoms with Crippen molar-refractivity contribution in [3.8, 4) is 22.3 Å².